The van der Waals surface area contributed by atoms with E-state index in [1.165, 1.54) is 23.9 Å². The summed E-state index contributed by atoms with van der Waals surface area (Å²) in [5, 5.41) is 8.35. The van der Waals surface area contributed by atoms with Gasteiger partial charge in [-0.15, -0.1) is 10.2 Å². The summed E-state index contributed by atoms with van der Waals surface area (Å²) in [6.07, 6.45) is 0.699. The summed E-state index contributed by atoms with van der Waals surface area (Å²) in [4.78, 5) is 0. The average molecular weight is 254 g/mol. The second-order valence-electron chi connectivity index (χ2n) is 3.48. The van der Waals surface area contributed by atoms with Gasteiger partial charge in [-0.2, -0.15) is 0 Å². The van der Waals surface area contributed by atoms with Gasteiger partial charge < -0.3 is 10.2 Å². The van der Waals surface area contributed by atoms with Crippen LogP contribution in [0.3, 0.4) is 0 Å². The Morgan fingerprint density at radius 3 is 2.71 bits per heavy atom. The minimum atomic E-state index is -0.228. The van der Waals surface area contributed by atoms with E-state index in [-0.39, 0.29) is 5.82 Å². The molecule has 1 aromatic heterocycles. The lowest BCUT2D eigenvalue weighted by atomic mass is 10.2. The van der Waals surface area contributed by atoms with Crippen molar-refractivity contribution < 1.29 is 14.5 Å². The van der Waals surface area contributed by atoms with Crippen molar-refractivity contribution in [3.05, 3.63) is 41.5 Å². The molecular formula is C11H13FN3OS+. The molecule has 0 bridgehead atoms. The van der Waals surface area contributed by atoms with Crippen LogP contribution in [0.25, 0.3) is 0 Å². The van der Waals surface area contributed by atoms with Crippen molar-refractivity contribution in [2.24, 2.45) is 0 Å². The Morgan fingerprint density at radius 1 is 1.24 bits per heavy atom. The largest absolute Gasteiger partial charge is 0.416 e. The first-order valence-electron chi connectivity index (χ1n) is 5.27. The number of thioether (sulfide) groups is 1. The lowest BCUT2D eigenvalue weighted by molar-refractivity contribution is -0.367. The molecule has 0 saturated carbocycles. The maximum Gasteiger partial charge on any atom is 0.276 e. The zero-order valence-corrected chi connectivity index (χ0v) is 10.0. The first-order valence-corrected chi connectivity index (χ1v) is 6.25. The predicted molar refractivity (Wildman–Crippen MR) is 61.7 cm³/mol. The smallest absolute Gasteiger partial charge is 0.276 e. The molecule has 0 aliphatic carbocycles. The normalized spacial score (nSPS) is 10.7. The minimum Gasteiger partial charge on any atom is -0.416 e. The second-order valence-corrected chi connectivity index (χ2v) is 4.41. The first-order chi connectivity index (χ1) is 8.28. The van der Waals surface area contributed by atoms with Crippen LogP contribution in [0.5, 0.6) is 0 Å². The highest BCUT2D eigenvalue weighted by Crippen LogP contribution is 2.21. The lowest BCUT2D eigenvalue weighted by Crippen LogP contribution is -2.51. The van der Waals surface area contributed by atoms with Crippen LogP contribution in [0, 0.1) is 5.82 Å². The van der Waals surface area contributed by atoms with Crippen LogP contribution in [0.1, 0.15) is 11.5 Å². The number of aromatic nitrogens is 2. The molecule has 0 aliphatic rings. The van der Waals surface area contributed by atoms with Gasteiger partial charge in [0.25, 0.3) is 5.22 Å². The van der Waals surface area contributed by atoms with Gasteiger partial charge in [-0.25, -0.2) is 4.39 Å². The van der Waals surface area contributed by atoms with Gasteiger partial charge in [-0.3, -0.25) is 0 Å². The number of hydrogen-bond donors (Lipinski definition) is 1. The van der Waals surface area contributed by atoms with Gasteiger partial charge in [-0.05, 0) is 17.7 Å². The molecule has 1 heterocycles. The number of hydrogen-bond acceptors (Lipinski definition) is 4. The van der Waals surface area contributed by atoms with Gasteiger partial charge in [0, 0.05) is 5.75 Å². The molecule has 4 nitrogen and oxygen atoms in total. The van der Waals surface area contributed by atoms with E-state index in [1.807, 2.05) is 0 Å². The fourth-order valence-electron chi connectivity index (χ4n) is 1.27. The zero-order chi connectivity index (χ0) is 12.1. The van der Waals surface area contributed by atoms with Gasteiger partial charge >= 0.3 is 0 Å². The molecule has 17 heavy (non-hydrogen) atoms. The highest BCUT2D eigenvalue weighted by molar-refractivity contribution is 7.98. The highest BCUT2D eigenvalue weighted by atomic mass is 32.2. The third-order valence-corrected chi connectivity index (χ3v) is 3.00. The van der Waals surface area contributed by atoms with Crippen molar-refractivity contribution in [1.82, 2.24) is 10.2 Å². The molecule has 90 valence electrons. The van der Waals surface area contributed by atoms with E-state index in [0.717, 1.165) is 12.1 Å². The summed E-state index contributed by atoms with van der Waals surface area (Å²) in [7, 11) is 0. The number of halogens is 1. The minimum absolute atomic E-state index is 0.228. The van der Waals surface area contributed by atoms with Gasteiger partial charge in [-0.1, -0.05) is 23.9 Å². The Bertz CT molecular complexity index is 472. The van der Waals surface area contributed by atoms with E-state index in [2.05, 4.69) is 15.9 Å². The molecule has 0 fully saturated rings. The first kappa shape index (κ1) is 12.1. The fourth-order valence-corrected chi connectivity index (χ4v) is 2.01. The third-order valence-electron chi connectivity index (χ3n) is 2.11. The van der Waals surface area contributed by atoms with Crippen molar-refractivity contribution in [2.75, 3.05) is 6.54 Å². The summed E-state index contributed by atoms with van der Waals surface area (Å²) in [6.45, 7) is 0.740. The Hall–Kier alpha value is -1.40. The van der Waals surface area contributed by atoms with Crippen LogP contribution >= 0.6 is 11.8 Å². The Kier molecular flexibility index (Phi) is 4.11. The lowest BCUT2D eigenvalue weighted by Gasteiger charge is -1.97. The van der Waals surface area contributed by atoms with Crippen molar-refractivity contribution in [1.29, 1.82) is 0 Å². The molecule has 0 unspecified atom stereocenters. The Labute approximate surface area is 102 Å². The van der Waals surface area contributed by atoms with Crippen LogP contribution in [0.2, 0.25) is 0 Å². The molecule has 0 radical (unpaired) electrons. The SMILES string of the molecule is [NH3+]CCc1nnc(SCc2ccc(F)cc2)o1. The van der Waals surface area contributed by atoms with E-state index < -0.39 is 0 Å². The van der Waals surface area contributed by atoms with Crippen molar-refractivity contribution >= 4 is 11.8 Å². The number of benzene rings is 1. The third kappa shape index (κ3) is 3.54. The van der Waals surface area contributed by atoms with Crippen LogP contribution in [0.4, 0.5) is 4.39 Å². The van der Waals surface area contributed by atoms with Gasteiger partial charge in [0.05, 0.1) is 13.0 Å². The van der Waals surface area contributed by atoms with Gasteiger partial charge in [0.1, 0.15) is 5.82 Å². The van der Waals surface area contributed by atoms with Crippen molar-refractivity contribution in [2.45, 2.75) is 17.4 Å². The molecular weight excluding hydrogens is 241 g/mol. The molecule has 0 amide bonds. The van der Waals surface area contributed by atoms with E-state index in [1.54, 1.807) is 12.1 Å². The quantitative estimate of drug-likeness (QED) is 0.816. The maximum atomic E-state index is 12.7. The molecule has 0 aliphatic heterocycles. The standard InChI is InChI=1S/C11H12FN3OS/c12-9-3-1-8(2-4-9)7-17-11-15-14-10(16-11)5-6-13/h1-4H,5-7,13H2/p+1. The van der Waals surface area contributed by atoms with Gasteiger partial charge in [0.2, 0.25) is 5.89 Å². The molecule has 2 rings (SSSR count). The van der Waals surface area contributed by atoms with Crippen LogP contribution < -0.4 is 5.73 Å². The molecule has 3 N–H and O–H groups in total. The van der Waals surface area contributed by atoms with Crippen LogP contribution in [0.15, 0.2) is 33.9 Å². The van der Waals surface area contributed by atoms with Gasteiger partial charge in [0.15, 0.2) is 0 Å². The summed E-state index contributed by atoms with van der Waals surface area (Å²) in [5.74, 6) is 1.07. The van der Waals surface area contributed by atoms with E-state index >= 15 is 0 Å². The van der Waals surface area contributed by atoms with Crippen LogP contribution in [-0.4, -0.2) is 16.7 Å². The summed E-state index contributed by atoms with van der Waals surface area (Å²) < 4.78 is 18.1. The Balaban J connectivity index is 1.90. The Morgan fingerprint density at radius 2 is 2.00 bits per heavy atom. The predicted octanol–water partition coefficient (Wildman–Crippen LogP) is 1.29. The zero-order valence-electron chi connectivity index (χ0n) is 9.23. The van der Waals surface area contributed by atoms with Crippen LogP contribution in [-0.2, 0) is 12.2 Å². The second kappa shape index (κ2) is 5.79. The number of nitrogens with zero attached hydrogens (tertiary/aromatic N) is 2. The fraction of sp³-hybridized carbons (Fsp3) is 0.273. The molecule has 2 aromatic rings. The molecule has 0 spiro atoms. The average Bonchev–Trinajstić information content (AvgIpc) is 2.77. The molecule has 0 saturated heterocycles. The van der Waals surface area contributed by atoms with E-state index in [0.29, 0.717) is 23.3 Å². The molecule has 1 aromatic carbocycles. The summed E-state index contributed by atoms with van der Waals surface area (Å²) in [5.41, 5.74) is 4.74. The molecule has 0 atom stereocenters. The highest BCUT2D eigenvalue weighted by Gasteiger charge is 2.06. The monoisotopic (exact) mass is 254 g/mol. The van der Waals surface area contributed by atoms with Crippen molar-refractivity contribution in [3.8, 4) is 0 Å². The van der Waals surface area contributed by atoms with E-state index in [4.69, 9.17) is 4.42 Å². The summed E-state index contributed by atoms with van der Waals surface area (Å²) in [6, 6.07) is 6.38. The topological polar surface area (TPSA) is 66.6 Å². The number of quaternary nitrogens is 1. The number of rotatable bonds is 5. The molecule has 6 heteroatoms. The summed E-state index contributed by atoms with van der Waals surface area (Å²) >= 11 is 1.44. The van der Waals surface area contributed by atoms with Crippen molar-refractivity contribution in [3.63, 3.8) is 0 Å². The maximum absolute atomic E-state index is 12.7. The van der Waals surface area contributed by atoms with E-state index in [9.17, 15) is 4.39 Å².